The first-order valence-corrected chi connectivity index (χ1v) is 11.4. The van der Waals surface area contributed by atoms with E-state index in [1.807, 2.05) is 13.8 Å². The third kappa shape index (κ3) is 7.08. The third-order valence-corrected chi connectivity index (χ3v) is 6.56. The minimum atomic E-state index is -0.479. The summed E-state index contributed by atoms with van der Waals surface area (Å²) in [5, 5.41) is 0. The highest BCUT2D eigenvalue weighted by Crippen LogP contribution is 2.52. The lowest BCUT2D eigenvalue weighted by Crippen LogP contribution is -2.52. The number of allylic oxidation sites excluding steroid dienone is 6. The molecule has 1 rings (SSSR count). The Morgan fingerprint density at radius 3 is 1.97 bits per heavy atom. The SMILES string of the molecule is CC(C)=CCC[C@]1(C)C(CC=C(C)C)C[C@@H](CC=C(C)C)C(=O)[C@H]1C(=O)C(C)C. The second kappa shape index (κ2) is 11.1. The highest BCUT2D eigenvalue weighted by molar-refractivity contribution is 6.05. The Bertz CT molecular complexity index is 665. The molecule has 0 radical (unpaired) electrons. The third-order valence-electron chi connectivity index (χ3n) is 6.56. The highest BCUT2D eigenvalue weighted by atomic mass is 16.2. The van der Waals surface area contributed by atoms with Crippen LogP contribution < -0.4 is 0 Å². The van der Waals surface area contributed by atoms with Crippen LogP contribution in [0.3, 0.4) is 0 Å². The van der Waals surface area contributed by atoms with Gasteiger partial charge in [0, 0.05) is 11.8 Å². The van der Waals surface area contributed by atoms with Gasteiger partial charge in [-0.1, -0.05) is 55.7 Å². The Labute approximate surface area is 179 Å². The molecular formula is C27H44O2. The molecule has 2 heteroatoms. The van der Waals surface area contributed by atoms with E-state index in [4.69, 9.17) is 0 Å². The molecule has 1 aliphatic carbocycles. The Kier molecular flexibility index (Phi) is 9.79. The van der Waals surface area contributed by atoms with Crippen LogP contribution in [0.1, 0.15) is 94.4 Å². The van der Waals surface area contributed by atoms with E-state index in [0.29, 0.717) is 5.92 Å². The van der Waals surface area contributed by atoms with Gasteiger partial charge < -0.3 is 0 Å². The summed E-state index contributed by atoms with van der Waals surface area (Å²) in [6.07, 6.45) is 11.1. The van der Waals surface area contributed by atoms with Crippen molar-refractivity contribution in [2.45, 2.75) is 94.4 Å². The van der Waals surface area contributed by atoms with Crippen LogP contribution in [-0.4, -0.2) is 11.6 Å². The minimum absolute atomic E-state index is 0.0373. The molecule has 29 heavy (non-hydrogen) atoms. The lowest BCUT2D eigenvalue weighted by atomic mass is 9.53. The quantitative estimate of drug-likeness (QED) is 0.296. The summed E-state index contributed by atoms with van der Waals surface area (Å²) < 4.78 is 0. The van der Waals surface area contributed by atoms with E-state index in [2.05, 4.69) is 66.7 Å². The van der Waals surface area contributed by atoms with Crippen LogP contribution in [0.15, 0.2) is 34.9 Å². The number of hydrogen-bond acceptors (Lipinski definition) is 2. The van der Waals surface area contributed by atoms with Gasteiger partial charge in [-0.25, -0.2) is 0 Å². The molecule has 0 amide bonds. The van der Waals surface area contributed by atoms with Crippen molar-refractivity contribution >= 4 is 11.6 Å². The average Bonchev–Trinajstić information content (AvgIpc) is 2.59. The van der Waals surface area contributed by atoms with Gasteiger partial charge in [-0.15, -0.1) is 0 Å². The largest absolute Gasteiger partial charge is 0.299 e. The molecule has 4 atom stereocenters. The maximum absolute atomic E-state index is 13.6. The van der Waals surface area contributed by atoms with Crippen molar-refractivity contribution in [3.05, 3.63) is 34.9 Å². The molecule has 2 nitrogen and oxygen atoms in total. The zero-order valence-electron chi connectivity index (χ0n) is 20.4. The Hall–Kier alpha value is -1.44. The van der Waals surface area contributed by atoms with Crippen molar-refractivity contribution in [3.63, 3.8) is 0 Å². The molecule has 0 saturated heterocycles. The molecule has 0 N–H and O–H groups in total. The number of carbonyl (C=O) groups excluding carboxylic acids is 2. The molecule has 0 aromatic rings. The molecule has 0 heterocycles. The standard InChI is InChI=1S/C27H44O2/c1-18(2)11-10-16-27(9)23(15-13-20(5)6)17-22(14-12-19(3)4)26(29)24(27)25(28)21(7)8/h11-13,21-24H,10,14-17H2,1-9H3/t22-,23?,24-,27-/m1/s1. The lowest BCUT2D eigenvalue weighted by Gasteiger charge is -2.49. The van der Waals surface area contributed by atoms with E-state index in [0.717, 1.165) is 32.1 Å². The maximum Gasteiger partial charge on any atom is 0.147 e. The summed E-state index contributed by atoms with van der Waals surface area (Å²) in [6, 6.07) is 0. The molecule has 1 unspecified atom stereocenters. The van der Waals surface area contributed by atoms with Crippen LogP contribution in [0.25, 0.3) is 0 Å². The van der Waals surface area contributed by atoms with Gasteiger partial charge in [0.2, 0.25) is 0 Å². The van der Waals surface area contributed by atoms with Gasteiger partial charge in [-0.2, -0.15) is 0 Å². The van der Waals surface area contributed by atoms with Crippen LogP contribution in [0.5, 0.6) is 0 Å². The van der Waals surface area contributed by atoms with Crippen molar-refractivity contribution in [2.75, 3.05) is 0 Å². The van der Waals surface area contributed by atoms with E-state index < -0.39 is 5.92 Å². The minimum Gasteiger partial charge on any atom is -0.299 e. The Morgan fingerprint density at radius 1 is 0.966 bits per heavy atom. The van der Waals surface area contributed by atoms with Crippen LogP contribution in [-0.2, 0) is 9.59 Å². The molecule has 1 saturated carbocycles. The van der Waals surface area contributed by atoms with Gasteiger partial charge in [0.15, 0.2) is 0 Å². The molecule has 0 aromatic carbocycles. The first kappa shape index (κ1) is 25.6. The number of hydrogen-bond donors (Lipinski definition) is 0. The predicted molar refractivity (Wildman–Crippen MR) is 125 cm³/mol. The fourth-order valence-electron chi connectivity index (χ4n) is 4.68. The van der Waals surface area contributed by atoms with E-state index in [9.17, 15) is 9.59 Å². The van der Waals surface area contributed by atoms with Crippen LogP contribution >= 0.6 is 0 Å². The Morgan fingerprint density at radius 2 is 1.48 bits per heavy atom. The van der Waals surface area contributed by atoms with Gasteiger partial charge in [-0.3, -0.25) is 9.59 Å². The first-order chi connectivity index (χ1) is 13.4. The van der Waals surface area contributed by atoms with Crippen molar-refractivity contribution in [1.82, 2.24) is 0 Å². The molecule has 0 aliphatic heterocycles. The van der Waals surface area contributed by atoms with E-state index >= 15 is 0 Å². The number of rotatable bonds is 9. The van der Waals surface area contributed by atoms with E-state index in [-0.39, 0.29) is 28.8 Å². The van der Waals surface area contributed by atoms with Crippen LogP contribution in [0, 0.1) is 29.1 Å². The summed E-state index contributed by atoms with van der Waals surface area (Å²) in [4.78, 5) is 26.9. The van der Waals surface area contributed by atoms with Crippen molar-refractivity contribution in [1.29, 1.82) is 0 Å². The predicted octanol–water partition coefficient (Wildman–Crippen LogP) is 7.50. The highest BCUT2D eigenvalue weighted by Gasteiger charge is 2.53. The first-order valence-electron chi connectivity index (χ1n) is 11.4. The average molecular weight is 401 g/mol. The van der Waals surface area contributed by atoms with Crippen molar-refractivity contribution < 1.29 is 9.59 Å². The molecule has 164 valence electrons. The number of carbonyl (C=O) groups is 2. The Balaban J connectivity index is 3.41. The molecule has 0 aromatic heterocycles. The second-order valence-corrected chi connectivity index (χ2v) is 10.4. The molecular weight excluding hydrogens is 356 g/mol. The normalized spacial score (nSPS) is 26.8. The fraction of sp³-hybridized carbons (Fsp3) is 0.704. The molecule has 1 fully saturated rings. The topological polar surface area (TPSA) is 34.1 Å². The molecule has 0 spiro atoms. The zero-order valence-corrected chi connectivity index (χ0v) is 20.4. The van der Waals surface area contributed by atoms with E-state index in [1.165, 1.54) is 16.7 Å². The second-order valence-electron chi connectivity index (χ2n) is 10.4. The van der Waals surface area contributed by atoms with Gasteiger partial charge in [0.05, 0.1) is 5.92 Å². The summed E-state index contributed by atoms with van der Waals surface area (Å²) in [7, 11) is 0. The van der Waals surface area contributed by atoms with Crippen LogP contribution in [0.4, 0.5) is 0 Å². The van der Waals surface area contributed by atoms with Crippen molar-refractivity contribution in [2.24, 2.45) is 29.1 Å². The fourth-order valence-corrected chi connectivity index (χ4v) is 4.68. The monoisotopic (exact) mass is 400 g/mol. The summed E-state index contributed by atoms with van der Waals surface area (Å²) in [5.41, 5.74) is 3.56. The number of ketones is 2. The van der Waals surface area contributed by atoms with E-state index in [1.54, 1.807) is 0 Å². The summed E-state index contributed by atoms with van der Waals surface area (Å²) in [5.74, 6) is 0.0488. The van der Waals surface area contributed by atoms with Gasteiger partial charge in [0.1, 0.15) is 11.6 Å². The smallest absolute Gasteiger partial charge is 0.147 e. The maximum atomic E-state index is 13.6. The molecule has 0 bridgehead atoms. The van der Waals surface area contributed by atoms with Gasteiger partial charge in [-0.05, 0) is 85.0 Å². The zero-order chi connectivity index (χ0) is 22.4. The van der Waals surface area contributed by atoms with Gasteiger partial charge in [0.25, 0.3) is 0 Å². The lowest BCUT2D eigenvalue weighted by molar-refractivity contribution is -0.150. The van der Waals surface area contributed by atoms with Crippen LogP contribution in [0.2, 0.25) is 0 Å². The summed E-state index contributed by atoms with van der Waals surface area (Å²) >= 11 is 0. The number of Topliss-reactive ketones (excluding diaryl/α,β-unsaturated/α-hetero) is 2. The summed E-state index contributed by atoms with van der Waals surface area (Å²) in [6.45, 7) is 18.7. The van der Waals surface area contributed by atoms with Crippen molar-refractivity contribution in [3.8, 4) is 0 Å². The van der Waals surface area contributed by atoms with Gasteiger partial charge >= 0.3 is 0 Å². The molecule has 1 aliphatic rings.